The minimum atomic E-state index is -0.349. The summed E-state index contributed by atoms with van der Waals surface area (Å²) in [4.78, 5) is 39.8. The first-order chi connectivity index (χ1) is 11.1. The number of piperazine rings is 1. The van der Waals surface area contributed by atoms with Gasteiger partial charge in [-0.15, -0.1) is 0 Å². The number of anilines is 1. The largest absolute Gasteiger partial charge is 0.497 e. The fraction of sp³-hybridized carbons (Fsp3) is 0.438. The van der Waals surface area contributed by atoms with Crippen LogP contribution in [0, 0.1) is 0 Å². The van der Waals surface area contributed by atoms with Crippen LogP contribution in [0.2, 0.25) is 0 Å². The van der Waals surface area contributed by atoms with Gasteiger partial charge < -0.3 is 14.5 Å². The Balaban J connectivity index is 1.73. The summed E-state index contributed by atoms with van der Waals surface area (Å²) in [5.74, 6) is 0.352. The molecule has 0 saturated carbocycles. The van der Waals surface area contributed by atoms with Crippen LogP contribution in [-0.4, -0.2) is 62.5 Å². The highest BCUT2D eigenvalue weighted by molar-refractivity contribution is 6.21. The van der Waals surface area contributed by atoms with Crippen molar-refractivity contribution in [3.8, 4) is 5.75 Å². The van der Waals surface area contributed by atoms with Crippen LogP contribution in [0.4, 0.5) is 5.69 Å². The van der Waals surface area contributed by atoms with Crippen molar-refractivity contribution in [2.75, 3.05) is 38.2 Å². The molecule has 7 nitrogen and oxygen atoms in total. The average Bonchev–Trinajstić information content (AvgIpc) is 2.89. The summed E-state index contributed by atoms with van der Waals surface area (Å²) in [6.07, 6.45) is 1.06. The van der Waals surface area contributed by atoms with Gasteiger partial charge in [0.2, 0.25) is 12.3 Å². The maximum atomic E-state index is 12.7. The minimum Gasteiger partial charge on any atom is -0.497 e. The average molecular weight is 318 g/mol. The van der Waals surface area contributed by atoms with Gasteiger partial charge in [0, 0.05) is 0 Å². The van der Waals surface area contributed by atoms with Gasteiger partial charge in [-0.1, -0.05) is 0 Å². The lowest BCUT2D eigenvalue weighted by Gasteiger charge is -2.32. The zero-order valence-corrected chi connectivity index (χ0v) is 13.0. The molecule has 0 radical (unpaired) electrons. The maximum Gasteiger partial charge on any atom is 0.292 e. The molecular formula is C16H20N3O4+. The molecule has 1 N–H and O–H groups in total. The Morgan fingerprint density at radius 2 is 1.83 bits per heavy atom. The van der Waals surface area contributed by atoms with Crippen LogP contribution in [0.5, 0.6) is 5.75 Å². The molecule has 0 unspecified atom stereocenters. The number of rotatable bonds is 4. The number of ether oxygens (including phenoxy) is 1. The quantitative estimate of drug-likeness (QED) is 0.552. The molecule has 3 rings (SSSR count). The van der Waals surface area contributed by atoms with E-state index < -0.39 is 0 Å². The standard InChI is InChI=1S/C16H19N3O4/c1-23-13-4-2-12(3-5-13)19-15(21)10-14(16(19)22)18-8-6-17(11-20)7-9-18/h2-5,11,14H,6-10H2,1H3/p+1/t14-/m1/s1. The van der Waals surface area contributed by atoms with Gasteiger partial charge in [-0.05, 0) is 24.3 Å². The molecule has 2 aliphatic rings. The fourth-order valence-corrected chi connectivity index (χ4v) is 3.22. The molecule has 2 fully saturated rings. The van der Waals surface area contributed by atoms with Crippen LogP contribution < -0.4 is 14.5 Å². The van der Waals surface area contributed by atoms with Gasteiger partial charge in [0.25, 0.3) is 5.91 Å². The number of benzene rings is 1. The van der Waals surface area contributed by atoms with Gasteiger partial charge >= 0.3 is 0 Å². The van der Waals surface area contributed by atoms with Crippen molar-refractivity contribution in [1.82, 2.24) is 4.90 Å². The highest BCUT2D eigenvalue weighted by Gasteiger charge is 2.46. The summed E-state index contributed by atoms with van der Waals surface area (Å²) in [6, 6.07) is 6.56. The van der Waals surface area contributed by atoms with Crippen LogP contribution in [-0.2, 0) is 14.4 Å². The molecule has 2 heterocycles. The number of carbonyl (C=O) groups is 3. The molecule has 1 aromatic carbocycles. The Morgan fingerprint density at radius 1 is 1.17 bits per heavy atom. The molecule has 2 saturated heterocycles. The molecule has 2 aliphatic heterocycles. The Labute approximate surface area is 134 Å². The van der Waals surface area contributed by atoms with Crippen molar-refractivity contribution >= 4 is 23.9 Å². The van der Waals surface area contributed by atoms with E-state index in [9.17, 15) is 14.4 Å². The van der Waals surface area contributed by atoms with Crippen molar-refractivity contribution < 1.29 is 24.0 Å². The highest BCUT2D eigenvalue weighted by atomic mass is 16.5. The van der Waals surface area contributed by atoms with Crippen molar-refractivity contribution in [2.45, 2.75) is 12.5 Å². The zero-order chi connectivity index (χ0) is 16.4. The van der Waals surface area contributed by atoms with Gasteiger partial charge in [0.1, 0.15) is 5.75 Å². The first-order valence-corrected chi connectivity index (χ1v) is 7.69. The van der Waals surface area contributed by atoms with E-state index in [-0.39, 0.29) is 24.3 Å². The molecule has 3 amide bonds. The van der Waals surface area contributed by atoms with Crippen LogP contribution in [0.15, 0.2) is 24.3 Å². The van der Waals surface area contributed by atoms with Gasteiger partial charge in [-0.3, -0.25) is 14.4 Å². The summed E-state index contributed by atoms with van der Waals surface area (Å²) in [5.41, 5.74) is 0.578. The summed E-state index contributed by atoms with van der Waals surface area (Å²) >= 11 is 0. The fourth-order valence-electron chi connectivity index (χ4n) is 3.22. The predicted molar refractivity (Wildman–Crippen MR) is 82.2 cm³/mol. The Hall–Kier alpha value is -2.41. The number of carbonyl (C=O) groups excluding carboxylic acids is 3. The molecule has 0 spiro atoms. The second-order valence-corrected chi connectivity index (χ2v) is 5.82. The van der Waals surface area contributed by atoms with Crippen LogP contribution in [0.1, 0.15) is 6.42 Å². The van der Waals surface area contributed by atoms with Crippen LogP contribution >= 0.6 is 0 Å². The molecule has 1 aromatic rings. The third kappa shape index (κ3) is 2.92. The van der Waals surface area contributed by atoms with Gasteiger partial charge in [0.15, 0.2) is 6.04 Å². The molecular weight excluding hydrogens is 298 g/mol. The van der Waals surface area contributed by atoms with Crippen molar-refractivity contribution in [2.24, 2.45) is 0 Å². The molecule has 0 aromatic heterocycles. The van der Waals surface area contributed by atoms with Crippen molar-refractivity contribution in [1.29, 1.82) is 0 Å². The predicted octanol–water partition coefficient (Wildman–Crippen LogP) is -1.32. The first-order valence-electron chi connectivity index (χ1n) is 7.69. The molecule has 23 heavy (non-hydrogen) atoms. The van der Waals surface area contributed by atoms with E-state index in [2.05, 4.69) is 0 Å². The van der Waals surface area contributed by atoms with Gasteiger partial charge in [-0.25, -0.2) is 4.90 Å². The Kier molecular flexibility index (Phi) is 4.29. The number of amides is 3. The zero-order valence-electron chi connectivity index (χ0n) is 13.0. The lowest BCUT2D eigenvalue weighted by Crippen LogP contribution is -3.19. The van der Waals surface area contributed by atoms with E-state index in [1.165, 1.54) is 4.90 Å². The van der Waals surface area contributed by atoms with Crippen molar-refractivity contribution in [3.63, 3.8) is 0 Å². The number of quaternary nitrogens is 1. The number of nitrogens with zero attached hydrogens (tertiary/aromatic N) is 2. The molecule has 1 atom stereocenters. The lowest BCUT2D eigenvalue weighted by atomic mass is 10.2. The van der Waals surface area contributed by atoms with E-state index in [1.54, 1.807) is 36.3 Å². The third-order valence-corrected chi connectivity index (χ3v) is 4.56. The summed E-state index contributed by atoms with van der Waals surface area (Å²) in [6.45, 7) is 2.64. The highest BCUT2D eigenvalue weighted by Crippen LogP contribution is 2.24. The van der Waals surface area contributed by atoms with E-state index in [4.69, 9.17) is 4.74 Å². The van der Waals surface area contributed by atoms with E-state index in [0.717, 1.165) is 11.3 Å². The molecule has 7 heteroatoms. The summed E-state index contributed by atoms with van der Waals surface area (Å²) in [5, 5.41) is 0. The minimum absolute atomic E-state index is 0.158. The number of nitrogens with one attached hydrogen (secondary N) is 1. The van der Waals surface area contributed by atoms with Crippen LogP contribution in [0.3, 0.4) is 0 Å². The number of imide groups is 1. The van der Waals surface area contributed by atoms with Crippen LogP contribution in [0.25, 0.3) is 0 Å². The monoisotopic (exact) mass is 318 g/mol. The first kappa shape index (κ1) is 15.5. The second-order valence-electron chi connectivity index (χ2n) is 5.82. The Morgan fingerprint density at radius 3 is 2.39 bits per heavy atom. The molecule has 0 bridgehead atoms. The lowest BCUT2D eigenvalue weighted by molar-refractivity contribution is -0.918. The second kappa shape index (κ2) is 6.37. The van der Waals surface area contributed by atoms with E-state index >= 15 is 0 Å². The molecule has 122 valence electrons. The summed E-state index contributed by atoms with van der Waals surface area (Å²) < 4.78 is 5.10. The summed E-state index contributed by atoms with van der Waals surface area (Å²) in [7, 11) is 1.57. The number of hydrogen-bond donors (Lipinski definition) is 1. The number of hydrogen-bond acceptors (Lipinski definition) is 4. The number of methoxy groups -OCH3 is 1. The van der Waals surface area contributed by atoms with E-state index in [1.807, 2.05) is 0 Å². The van der Waals surface area contributed by atoms with Gasteiger partial charge in [0.05, 0.1) is 45.4 Å². The Bertz CT molecular complexity index is 608. The van der Waals surface area contributed by atoms with E-state index in [0.29, 0.717) is 37.6 Å². The normalized spacial score (nSPS) is 22.6. The topological polar surface area (TPSA) is 71.4 Å². The SMILES string of the molecule is COc1ccc(N2C(=O)C[C@@H]([NH+]3CCN(C=O)CC3)C2=O)cc1. The van der Waals surface area contributed by atoms with Crippen molar-refractivity contribution in [3.05, 3.63) is 24.3 Å². The smallest absolute Gasteiger partial charge is 0.292 e. The third-order valence-electron chi connectivity index (χ3n) is 4.56. The maximum absolute atomic E-state index is 12.7. The molecule has 0 aliphatic carbocycles. The van der Waals surface area contributed by atoms with Gasteiger partial charge in [-0.2, -0.15) is 0 Å².